The molecule has 0 saturated carbocycles. The van der Waals surface area contributed by atoms with E-state index in [-0.39, 0.29) is 5.69 Å². The van der Waals surface area contributed by atoms with Crippen molar-refractivity contribution in [3.05, 3.63) is 114 Å². The predicted molar refractivity (Wildman–Crippen MR) is 127 cm³/mol. The summed E-state index contributed by atoms with van der Waals surface area (Å²) in [5, 5.41) is 2.78. The van der Waals surface area contributed by atoms with Gasteiger partial charge in [-0.1, -0.05) is 91.0 Å². The maximum absolute atomic E-state index is 14.3. The SMILES string of the molecule is FC(F)(F)c1cccc(P(c2ccccc2)c2ccccc2)c1N1CCc2ccccc21. The standard InChI is InChI=1S/C27H21F3NP/c28-27(29,30)23-15-9-17-25(26(23)31-19-18-20-10-7-8-16-24(20)31)32(21-11-3-1-4-12-21)22-13-5-2-6-14-22/h1-17H,18-19H2. The molecule has 0 unspecified atom stereocenters. The Bertz CT molecular complexity index is 1180. The molecule has 0 aromatic heterocycles. The predicted octanol–water partition coefficient (Wildman–Crippen LogP) is 6.16. The van der Waals surface area contributed by atoms with Crippen molar-refractivity contribution < 1.29 is 13.2 Å². The minimum Gasteiger partial charge on any atom is -0.340 e. The fourth-order valence-electron chi connectivity index (χ4n) is 4.38. The molecule has 5 heteroatoms. The number of hydrogen-bond donors (Lipinski definition) is 0. The smallest absolute Gasteiger partial charge is 0.340 e. The summed E-state index contributed by atoms with van der Waals surface area (Å²) in [7, 11) is -1.18. The van der Waals surface area contributed by atoms with Crippen LogP contribution in [-0.4, -0.2) is 6.54 Å². The van der Waals surface area contributed by atoms with Crippen molar-refractivity contribution in [3.8, 4) is 0 Å². The summed E-state index contributed by atoms with van der Waals surface area (Å²) in [5.41, 5.74) is 1.65. The Morgan fingerprint density at radius 1 is 0.656 bits per heavy atom. The van der Waals surface area contributed by atoms with Crippen LogP contribution in [-0.2, 0) is 12.6 Å². The van der Waals surface area contributed by atoms with Crippen LogP contribution in [0.3, 0.4) is 0 Å². The molecule has 0 atom stereocenters. The number of halogens is 3. The van der Waals surface area contributed by atoms with Gasteiger partial charge in [-0.25, -0.2) is 0 Å². The van der Waals surface area contributed by atoms with Crippen LogP contribution in [0.5, 0.6) is 0 Å². The molecule has 5 rings (SSSR count). The van der Waals surface area contributed by atoms with Gasteiger partial charge in [-0.2, -0.15) is 13.2 Å². The van der Waals surface area contributed by atoms with E-state index in [1.165, 1.54) is 6.07 Å². The van der Waals surface area contributed by atoms with Gasteiger partial charge in [0.2, 0.25) is 0 Å². The highest BCUT2D eigenvalue weighted by atomic mass is 31.1. The third-order valence-corrected chi connectivity index (χ3v) is 8.22. The number of benzene rings is 4. The van der Waals surface area contributed by atoms with Crippen LogP contribution >= 0.6 is 7.92 Å². The van der Waals surface area contributed by atoms with E-state index in [1.807, 2.05) is 95.9 Å². The van der Waals surface area contributed by atoms with Gasteiger partial charge in [0.1, 0.15) is 0 Å². The van der Waals surface area contributed by atoms with Crippen molar-refractivity contribution in [2.75, 3.05) is 11.4 Å². The number of alkyl halides is 3. The average Bonchev–Trinajstić information content (AvgIpc) is 3.24. The number of anilines is 2. The Morgan fingerprint density at radius 3 is 1.88 bits per heavy atom. The number of rotatable bonds is 4. The summed E-state index contributed by atoms with van der Waals surface area (Å²) < 4.78 is 42.9. The van der Waals surface area contributed by atoms with Crippen molar-refractivity contribution >= 4 is 35.2 Å². The van der Waals surface area contributed by atoms with Crippen molar-refractivity contribution in [1.82, 2.24) is 0 Å². The molecule has 1 aliphatic rings. The highest BCUT2D eigenvalue weighted by Crippen LogP contribution is 2.46. The summed E-state index contributed by atoms with van der Waals surface area (Å²) >= 11 is 0. The average molecular weight is 447 g/mol. The van der Waals surface area contributed by atoms with Crippen LogP contribution in [0.4, 0.5) is 24.5 Å². The second-order valence-electron chi connectivity index (χ2n) is 7.71. The highest BCUT2D eigenvalue weighted by Gasteiger charge is 2.39. The molecule has 1 aliphatic heterocycles. The van der Waals surface area contributed by atoms with Gasteiger partial charge in [0.25, 0.3) is 0 Å². The molecule has 4 aromatic carbocycles. The molecule has 0 aliphatic carbocycles. The van der Waals surface area contributed by atoms with E-state index in [2.05, 4.69) is 0 Å². The first-order valence-electron chi connectivity index (χ1n) is 10.5. The van der Waals surface area contributed by atoms with Gasteiger partial charge in [-0.3, -0.25) is 0 Å². The van der Waals surface area contributed by atoms with Gasteiger partial charge in [0.15, 0.2) is 0 Å². The fraction of sp³-hybridized carbons (Fsp3) is 0.111. The van der Waals surface area contributed by atoms with E-state index < -0.39 is 19.7 Å². The third kappa shape index (κ3) is 3.80. The molecule has 0 radical (unpaired) electrons. The summed E-state index contributed by atoms with van der Waals surface area (Å²) in [6, 6.07) is 32.1. The van der Waals surface area contributed by atoms with Crippen LogP contribution in [0.1, 0.15) is 11.1 Å². The summed E-state index contributed by atoms with van der Waals surface area (Å²) in [5.74, 6) is 0. The van der Waals surface area contributed by atoms with E-state index >= 15 is 0 Å². The van der Waals surface area contributed by atoms with Crippen molar-refractivity contribution in [3.63, 3.8) is 0 Å². The van der Waals surface area contributed by atoms with Crippen LogP contribution in [0, 0.1) is 0 Å². The van der Waals surface area contributed by atoms with Gasteiger partial charge in [-0.15, -0.1) is 0 Å². The lowest BCUT2D eigenvalue weighted by molar-refractivity contribution is -0.137. The zero-order valence-electron chi connectivity index (χ0n) is 17.3. The molecule has 160 valence electrons. The van der Waals surface area contributed by atoms with Gasteiger partial charge < -0.3 is 4.90 Å². The lowest BCUT2D eigenvalue weighted by Gasteiger charge is -2.30. The summed E-state index contributed by atoms with van der Waals surface area (Å²) in [6.45, 7) is 0.534. The fourth-order valence-corrected chi connectivity index (χ4v) is 6.86. The first-order valence-corrected chi connectivity index (χ1v) is 11.8. The molecule has 1 heterocycles. The highest BCUT2D eigenvalue weighted by molar-refractivity contribution is 7.80. The van der Waals surface area contributed by atoms with Crippen molar-refractivity contribution in [1.29, 1.82) is 0 Å². The van der Waals surface area contributed by atoms with E-state index in [1.54, 1.807) is 6.07 Å². The summed E-state index contributed by atoms with van der Waals surface area (Å²) in [4.78, 5) is 1.87. The maximum Gasteiger partial charge on any atom is 0.418 e. The Hall–Kier alpha value is -3.10. The molecule has 0 N–H and O–H groups in total. The molecule has 1 nitrogen and oxygen atoms in total. The number of para-hydroxylation sites is 2. The van der Waals surface area contributed by atoms with Crippen LogP contribution < -0.4 is 20.8 Å². The second kappa shape index (κ2) is 8.44. The molecule has 0 saturated heterocycles. The molecular formula is C27H21F3NP. The van der Waals surface area contributed by atoms with Crippen molar-refractivity contribution in [2.45, 2.75) is 12.6 Å². The molecular weight excluding hydrogens is 426 g/mol. The van der Waals surface area contributed by atoms with Gasteiger partial charge in [-0.05, 0) is 42.6 Å². The van der Waals surface area contributed by atoms with Crippen LogP contribution in [0.2, 0.25) is 0 Å². The molecule has 32 heavy (non-hydrogen) atoms. The largest absolute Gasteiger partial charge is 0.418 e. The van der Waals surface area contributed by atoms with Gasteiger partial charge in [0, 0.05) is 17.5 Å². The molecule has 0 spiro atoms. The first-order chi connectivity index (χ1) is 15.5. The second-order valence-corrected chi connectivity index (χ2v) is 9.89. The number of nitrogens with zero attached hydrogens (tertiary/aromatic N) is 1. The summed E-state index contributed by atoms with van der Waals surface area (Å²) in [6.07, 6.45) is -3.71. The molecule has 4 aromatic rings. The topological polar surface area (TPSA) is 3.24 Å². The number of fused-ring (bicyclic) bond motifs is 1. The normalized spacial score (nSPS) is 13.4. The molecule has 0 fully saturated rings. The first kappa shape index (κ1) is 20.8. The quantitative estimate of drug-likeness (QED) is 0.339. The van der Waals surface area contributed by atoms with Crippen LogP contribution in [0.15, 0.2) is 103 Å². The third-order valence-electron chi connectivity index (χ3n) is 5.75. The van der Waals surface area contributed by atoms with E-state index in [0.29, 0.717) is 6.54 Å². The lowest BCUT2D eigenvalue weighted by Crippen LogP contribution is -2.29. The number of hydrogen-bond acceptors (Lipinski definition) is 1. The monoisotopic (exact) mass is 447 g/mol. The maximum atomic E-state index is 14.3. The van der Waals surface area contributed by atoms with Crippen LogP contribution in [0.25, 0.3) is 0 Å². The van der Waals surface area contributed by atoms with Gasteiger partial charge in [0.05, 0.1) is 11.3 Å². The van der Waals surface area contributed by atoms with E-state index in [0.717, 1.165) is 33.6 Å². The minimum atomic E-state index is -4.45. The van der Waals surface area contributed by atoms with E-state index in [9.17, 15) is 13.2 Å². The zero-order valence-corrected chi connectivity index (χ0v) is 18.2. The Morgan fingerprint density at radius 2 is 1.25 bits per heavy atom. The Kier molecular flexibility index (Phi) is 5.48. The van der Waals surface area contributed by atoms with Gasteiger partial charge >= 0.3 is 6.18 Å². The molecule has 0 amide bonds. The van der Waals surface area contributed by atoms with Crippen molar-refractivity contribution in [2.24, 2.45) is 0 Å². The lowest BCUT2D eigenvalue weighted by atomic mass is 10.1. The van der Waals surface area contributed by atoms with E-state index in [4.69, 9.17) is 0 Å². The molecule has 0 bridgehead atoms. The zero-order chi connectivity index (χ0) is 22.1. The Labute approximate surface area is 186 Å². The minimum absolute atomic E-state index is 0.281. The Balaban J connectivity index is 1.79.